The Hall–Kier alpha value is -3.93. The molecule has 0 aliphatic carbocycles. The third-order valence-corrected chi connectivity index (χ3v) is 4.99. The summed E-state index contributed by atoms with van der Waals surface area (Å²) in [6.07, 6.45) is 1.47. The van der Waals surface area contributed by atoms with E-state index in [-0.39, 0.29) is 27.6 Å². The second-order valence-corrected chi connectivity index (χ2v) is 6.33. The first-order chi connectivity index (χ1) is 12.9. The molecule has 0 fully saturated rings. The molecule has 2 heterocycles. The van der Waals surface area contributed by atoms with Gasteiger partial charge in [0.05, 0.1) is 18.5 Å². The van der Waals surface area contributed by atoms with Gasteiger partial charge in [0.15, 0.2) is 0 Å². The maximum absolute atomic E-state index is 11.7. The van der Waals surface area contributed by atoms with Gasteiger partial charge in [0.2, 0.25) is 6.08 Å². The fourth-order valence-electron chi connectivity index (χ4n) is 2.73. The van der Waals surface area contributed by atoms with Crippen LogP contribution in [0.4, 0.5) is 17.2 Å². The van der Waals surface area contributed by atoms with Crippen molar-refractivity contribution in [2.45, 2.75) is 0 Å². The number of carbonyl (C=O) groups is 1. The topological polar surface area (TPSA) is 170 Å². The number of hydrogen-bond acceptors (Lipinski definition) is 9. The number of pyridine rings is 1. The van der Waals surface area contributed by atoms with Gasteiger partial charge in [-0.2, -0.15) is 10.3 Å². The minimum atomic E-state index is -0.723. The maximum atomic E-state index is 11.7. The van der Waals surface area contributed by atoms with Gasteiger partial charge in [-0.1, -0.05) is 0 Å². The number of carbonyl (C=O) groups excluding carboxylic acids is 2. The van der Waals surface area contributed by atoms with Crippen LogP contribution >= 0.6 is 11.3 Å². The van der Waals surface area contributed by atoms with Crippen molar-refractivity contribution in [2.24, 2.45) is 10.7 Å². The number of nitrogens with two attached hydrogens (primary N) is 3. The fourth-order valence-corrected chi connectivity index (χ4v) is 3.69. The smallest absolute Gasteiger partial charge is 0.260 e. The van der Waals surface area contributed by atoms with Crippen LogP contribution in [0, 0.1) is 11.3 Å². The second-order valence-electron chi connectivity index (χ2n) is 5.33. The number of ether oxygens (including phenoxy) is 1. The quantitative estimate of drug-likeness (QED) is 0.459. The molecule has 134 valence electrons. The number of nitrogen functional groups attached to an aromatic ring is 2. The third kappa shape index (κ3) is 2.83. The van der Waals surface area contributed by atoms with Crippen molar-refractivity contribution in [3.8, 4) is 22.9 Å². The monoisotopic (exact) mass is 380 g/mol. The Labute approximate surface area is 156 Å². The van der Waals surface area contributed by atoms with E-state index in [0.29, 0.717) is 27.1 Å². The standard InChI is InChI=1S/C17H12N6O3S/c1-26-7-2-3-8(10(4-7)22-6-24)11-9(5-18)15(20)23-17-12(11)13(19)14(27-17)16(21)25/h2-4H,19H2,1H3,(H2,20,23)(H2,21,25). The van der Waals surface area contributed by atoms with Gasteiger partial charge < -0.3 is 21.9 Å². The van der Waals surface area contributed by atoms with Gasteiger partial charge in [-0.15, -0.1) is 11.3 Å². The summed E-state index contributed by atoms with van der Waals surface area (Å²) in [4.78, 5) is 30.8. The van der Waals surface area contributed by atoms with E-state index >= 15 is 0 Å². The number of isocyanates is 1. The van der Waals surface area contributed by atoms with E-state index in [2.05, 4.69) is 9.98 Å². The van der Waals surface area contributed by atoms with Gasteiger partial charge in [-0.3, -0.25) is 4.79 Å². The number of rotatable bonds is 4. The van der Waals surface area contributed by atoms with Crippen LogP contribution in [-0.4, -0.2) is 24.1 Å². The highest BCUT2D eigenvalue weighted by atomic mass is 32.1. The number of aromatic nitrogens is 1. The van der Waals surface area contributed by atoms with Crippen molar-refractivity contribution in [3.05, 3.63) is 28.6 Å². The molecule has 3 rings (SSSR count). The number of methoxy groups -OCH3 is 1. The van der Waals surface area contributed by atoms with E-state index in [4.69, 9.17) is 21.9 Å². The van der Waals surface area contributed by atoms with Gasteiger partial charge in [0.25, 0.3) is 5.91 Å². The molecule has 2 aromatic heterocycles. The molecule has 9 nitrogen and oxygen atoms in total. The lowest BCUT2D eigenvalue weighted by atomic mass is 9.95. The summed E-state index contributed by atoms with van der Waals surface area (Å²) >= 11 is 0.968. The lowest BCUT2D eigenvalue weighted by Gasteiger charge is -2.12. The van der Waals surface area contributed by atoms with Gasteiger partial charge in [0, 0.05) is 22.6 Å². The summed E-state index contributed by atoms with van der Waals surface area (Å²) < 4.78 is 5.14. The highest BCUT2D eigenvalue weighted by Gasteiger charge is 2.24. The lowest BCUT2D eigenvalue weighted by Crippen LogP contribution is -2.10. The number of fused-ring (bicyclic) bond motifs is 1. The molecule has 0 saturated carbocycles. The van der Waals surface area contributed by atoms with Crippen LogP contribution in [0.1, 0.15) is 15.2 Å². The largest absolute Gasteiger partial charge is 0.497 e. The van der Waals surface area contributed by atoms with Crippen LogP contribution in [0.5, 0.6) is 5.75 Å². The van der Waals surface area contributed by atoms with Crippen LogP contribution in [0.3, 0.4) is 0 Å². The van der Waals surface area contributed by atoms with Crippen molar-refractivity contribution in [1.82, 2.24) is 4.98 Å². The van der Waals surface area contributed by atoms with Crippen molar-refractivity contribution < 1.29 is 14.3 Å². The van der Waals surface area contributed by atoms with Gasteiger partial charge in [-0.05, 0) is 12.1 Å². The molecule has 0 bridgehead atoms. The number of aliphatic imine (C=N–C) groups is 1. The van der Waals surface area contributed by atoms with Crippen LogP contribution in [0.2, 0.25) is 0 Å². The number of primary amides is 1. The average molecular weight is 380 g/mol. The first kappa shape index (κ1) is 17.9. The Morgan fingerprint density at radius 2 is 2.11 bits per heavy atom. The minimum absolute atomic E-state index is 0.0375. The average Bonchev–Trinajstić information content (AvgIpc) is 2.97. The van der Waals surface area contributed by atoms with E-state index in [1.54, 1.807) is 12.1 Å². The van der Waals surface area contributed by atoms with Crippen molar-refractivity contribution in [1.29, 1.82) is 5.26 Å². The Kier molecular flexibility index (Phi) is 4.48. The summed E-state index contributed by atoms with van der Waals surface area (Å²) in [6, 6.07) is 6.72. The summed E-state index contributed by atoms with van der Waals surface area (Å²) in [5.74, 6) is -0.325. The molecule has 0 spiro atoms. The molecule has 27 heavy (non-hydrogen) atoms. The maximum Gasteiger partial charge on any atom is 0.260 e. The normalized spacial score (nSPS) is 10.2. The number of nitriles is 1. The Morgan fingerprint density at radius 3 is 2.70 bits per heavy atom. The van der Waals surface area contributed by atoms with E-state index in [9.17, 15) is 14.9 Å². The highest BCUT2D eigenvalue weighted by Crippen LogP contribution is 2.45. The van der Waals surface area contributed by atoms with Crippen LogP contribution < -0.4 is 21.9 Å². The predicted molar refractivity (Wildman–Crippen MR) is 101 cm³/mol. The first-order valence-corrected chi connectivity index (χ1v) is 8.22. The Balaban J connectivity index is 2.53. The van der Waals surface area contributed by atoms with Crippen LogP contribution in [0.25, 0.3) is 21.3 Å². The van der Waals surface area contributed by atoms with E-state index in [0.717, 1.165) is 11.3 Å². The zero-order valence-corrected chi connectivity index (χ0v) is 14.8. The molecule has 10 heteroatoms. The van der Waals surface area contributed by atoms with Crippen LogP contribution in [0.15, 0.2) is 23.2 Å². The summed E-state index contributed by atoms with van der Waals surface area (Å²) in [7, 11) is 1.46. The third-order valence-electron chi connectivity index (χ3n) is 3.88. The minimum Gasteiger partial charge on any atom is -0.497 e. The molecular weight excluding hydrogens is 368 g/mol. The number of benzene rings is 1. The SMILES string of the molecule is COc1ccc(-c2c(C#N)c(N)nc3sc(C(N)=O)c(N)c23)c(N=C=O)c1. The van der Waals surface area contributed by atoms with E-state index in [1.807, 2.05) is 6.07 Å². The number of anilines is 2. The molecule has 0 unspecified atom stereocenters. The van der Waals surface area contributed by atoms with E-state index in [1.165, 1.54) is 19.3 Å². The Morgan fingerprint density at radius 1 is 1.37 bits per heavy atom. The molecule has 0 atom stereocenters. The number of hydrogen-bond donors (Lipinski definition) is 3. The van der Waals surface area contributed by atoms with Crippen molar-refractivity contribution in [2.75, 3.05) is 18.6 Å². The molecule has 1 aromatic carbocycles. The molecule has 0 aliphatic heterocycles. The first-order valence-electron chi connectivity index (χ1n) is 7.40. The second kappa shape index (κ2) is 6.76. The predicted octanol–water partition coefficient (Wildman–Crippen LogP) is 2.07. The van der Waals surface area contributed by atoms with Gasteiger partial charge >= 0.3 is 0 Å². The van der Waals surface area contributed by atoms with Gasteiger partial charge in [0.1, 0.15) is 32.9 Å². The molecule has 0 saturated heterocycles. The molecule has 1 amide bonds. The number of amides is 1. The fraction of sp³-hybridized carbons (Fsp3) is 0.0588. The number of thiophene rings is 1. The van der Waals surface area contributed by atoms with Crippen molar-refractivity contribution in [3.63, 3.8) is 0 Å². The molecule has 0 radical (unpaired) electrons. The summed E-state index contributed by atoms with van der Waals surface area (Å²) in [6.45, 7) is 0. The molecule has 3 aromatic rings. The van der Waals surface area contributed by atoms with E-state index < -0.39 is 5.91 Å². The number of nitrogens with zero attached hydrogens (tertiary/aromatic N) is 3. The molecule has 0 aliphatic rings. The lowest BCUT2D eigenvalue weighted by molar-refractivity contribution is 0.100. The zero-order valence-electron chi connectivity index (χ0n) is 13.9. The van der Waals surface area contributed by atoms with Crippen molar-refractivity contribution >= 4 is 50.7 Å². The molecule has 6 N–H and O–H groups in total. The Bertz CT molecular complexity index is 1190. The summed E-state index contributed by atoms with van der Waals surface area (Å²) in [5, 5.41) is 9.96. The molecular formula is C17H12N6O3S. The van der Waals surface area contributed by atoms with Crippen LogP contribution in [-0.2, 0) is 4.79 Å². The summed E-state index contributed by atoms with van der Waals surface area (Å²) in [5.41, 5.74) is 18.4. The zero-order chi connectivity index (χ0) is 19.7. The highest BCUT2D eigenvalue weighted by molar-refractivity contribution is 7.21. The van der Waals surface area contributed by atoms with Gasteiger partial charge in [-0.25, -0.2) is 9.78 Å².